The number of hydrogen-bond acceptors (Lipinski definition) is 2. The molecular weight excluding hydrogens is 278 g/mol. The van der Waals surface area contributed by atoms with Gasteiger partial charge in [0, 0.05) is 16.3 Å². The van der Waals surface area contributed by atoms with Crippen molar-refractivity contribution in [3.8, 4) is 0 Å². The molecule has 2 aromatic rings. The predicted octanol–water partition coefficient (Wildman–Crippen LogP) is 3.91. The molecule has 2 nitrogen and oxygen atoms in total. The van der Waals surface area contributed by atoms with Gasteiger partial charge in [0.25, 0.3) is 0 Å². The van der Waals surface area contributed by atoms with E-state index in [1.54, 1.807) is 11.8 Å². The van der Waals surface area contributed by atoms with E-state index in [9.17, 15) is 4.79 Å². The van der Waals surface area contributed by atoms with Crippen molar-refractivity contribution in [3.63, 3.8) is 0 Å². The molecule has 1 aliphatic carbocycles. The van der Waals surface area contributed by atoms with Crippen LogP contribution in [-0.4, -0.2) is 13.0 Å². The number of carbonyl (C=O) groups is 1. The Kier molecular flexibility index (Phi) is 4.41. The highest BCUT2D eigenvalue weighted by Crippen LogP contribution is 2.33. The summed E-state index contributed by atoms with van der Waals surface area (Å²) in [4.78, 5) is 13.0. The number of rotatable bonds is 5. The Morgan fingerprint density at radius 3 is 2.76 bits per heavy atom. The van der Waals surface area contributed by atoms with E-state index in [-0.39, 0.29) is 0 Å². The minimum absolute atomic E-state index is 0.613. The first kappa shape index (κ1) is 14.0. The van der Waals surface area contributed by atoms with Crippen molar-refractivity contribution in [2.24, 2.45) is 0 Å². The zero-order valence-electron chi connectivity index (χ0n) is 11.7. The summed E-state index contributed by atoms with van der Waals surface area (Å²) < 4.78 is 0. The number of benzene rings is 2. The molecule has 0 aromatic heterocycles. The fourth-order valence-corrected chi connectivity index (χ4v) is 3.51. The summed E-state index contributed by atoms with van der Waals surface area (Å²) >= 11 is 1.79. The van der Waals surface area contributed by atoms with Crippen molar-refractivity contribution in [2.75, 3.05) is 6.54 Å². The van der Waals surface area contributed by atoms with E-state index >= 15 is 0 Å². The Bertz CT molecular complexity index is 664. The van der Waals surface area contributed by atoms with Gasteiger partial charge in [-0.2, -0.15) is 0 Å². The van der Waals surface area contributed by atoms with Crippen LogP contribution in [0, 0.1) is 0 Å². The van der Waals surface area contributed by atoms with Crippen molar-refractivity contribution < 1.29 is 4.79 Å². The van der Waals surface area contributed by atoms with Crippen molar-refractivity contribution in [3.05, 3.63) is 65.7 Å². The van der Waals surface area contributed by atoms with Crippen LogP contribution in [0.5, 0.6) is 0 Å². The molecule has 0 fully saturated rings. The van der Waals surface area contributed by atoms with Crippen LogP contribution >= 0.6 is 11.8 Å². The maximum atomic E-state index is 10.5. The average molecular weight is 295 g/mol. The van der Waals surface area contributed by atoms with Gasteiger partial charge in [0.05, 0.1) is 0 Å². The number of fused-ring (bicyclic) bond motifs is 1. The Labute approximate surface area is 129 Å². The molecule has 0 radical (unpaired) electrons. The molecule has 1 amide bonds. The standard InChI is InChI=1S/C18H17NOS/c20-13-19-12-15-6-4-5-14-11-17(9-10-18(14)15)21-16-7-2-1-3-8-16/h1-3,6-11,13H,4-5,12H2,(H,19,20). The molecule has 1 N–H and O–H groups in total. The lowest BCUT2D eigenvalue weighted by molar-refractivity contribution is -0.109. The second-order valence-corrected chi connectivity index (χ2v) is 6.15. The third-order valence-corrected chi connectivity index (χ3v) is 4.58. The smallest absolute Gasteiger partial charge is 0.207 e. The Morgan fingerprint density at radius 1 is 1.10 bits per heavy atom. The molecule has 0 unspecified atom stereocenters. The van der Waals surface area contributed by atoms with E-state index in [1.807, 2.05) is 6.07 Å². The molecule has 0 spiro atoms. The minimum atomic E-state index is 0.613. The molecule has 0 atom stereocenters. The van der Waals surface area contributed by atoms with Gasteiger partial charge < -0.3 is 5.32 Å². The van der Waals surface area contributed by atoms with Crippen molar-refractivity contribution in [2.45, 2.75) is 22.6 Å². The van der Waals surface area contributed by atoms with Gasteiger partial charge in [-0.1, -0.05) is 42.1 Å². The highest BCUT2D eigenvalue weighted by molar-refractivity contribution is 7.99. The summed E-state index contributed by atoms with van der Waals surface area (Å²) in [5.74, 6) is 0. The molecule has 0 bridgehead atoms. The summed E-state index contributed by atoms with van der Waals surface area (Å²) in [6.45, 7) is 0.613. The lowest BCUT2D eigenvalue weighted by Gasteiger charge is -2.18. The third-order valence-electron chi connectivity index (χ3n) is 3.58. The number of hydrogen-bond donors (Lipinski definition) is 1. The van der Waals surface area contributed by atoms with Gasteiger partial charge in [-0.15, -0.1) is 0 Å². The molecule has 2 aromatic carbocycles. The van der Waals surface area contributed by atoms with Gasteiger partial charge in [0.2, 0.25) is 6.41 Å². The van der Waals surface area contributed by atoms with Crippen LogP contribution in [-0.2, 0) is 11.2 Å². The number of nitrogens with one attached hydrogen (secondary N) is 1. The molecule has 0 aliphatic heterocycles. The molecule has 3 rings (SSSR count). The van der Waals surface area contributed by atoms with Crippen LogP contribution < -0.4 is 5.32 Å². The van der Waals surface area contributed by atoms with Gasteiger partial charge in [-0.25, -0.2) is 0 Å². The van der Waals surface area contributed by atoms with Crippen LogP contribution in [0.25, 0.3) is 5.57 Å². The van der Waals surface area contributed by atoms with Crippen molar-refractivity contribution >= 4 is 23.7 Å². The van der Waals surface area contributed by atoms with E-state index in [1.165, 1.54) is 26.5 Å². The van der Waals surface area contributed by atoms with Gasteiger partial charge in [-0.3, -0.25) is 4.79 Å². The lowest BCUT2D eigenvalue weighted by atomic mass is 9.91. The second kappa shape index (κ2) is 6.64. The summed E-state index contributed by atoms with van der Waals surface area (Å²) in [6.07, 6.45) is 5.10. The third kappa shape index (κ3) is 3.37. The van der Waals surface area contributed by atoms with Crippen LogP contribution in [0.4, 0.5) is 0 Å². The van der Waals surface area contributed by atoms with E-state index in [0.29, 0.717) is 6.54 Å². The Hall–Kier alpha value is -2.00. The van der Waals surface area contributed by atoms with Crippen LogP contribution in [0.1, 0.15) is 17.5 Å². The highest BCUT2D eigenvalue weighted by atomic mass is 32.2. The molecule has 21 heavy (non-hydrogen) atoms. The van der Waals surface area contributed by atoms with Crippen molar-refractivity contribution in [1.82, 2.24) is 5.32 Å². The van der Waals surface area contributed by atoms with Gasteiger partial charge >= 0.3 is 0 Å². The Morgan fingerprint density at radius 2 is 1.95 bits per heavy atom. The number of amides is 1. The molecule has 0 heterocycles. The maximum Gasteiger partial charge on any atom is 0.207 e. The topological polar surface area (TPSA) is 29.1 Å². The van der Waals surface area contributed by atoms with Gasteiger partial charge in [0.15, 0.2) is 0 Å². The number of allylic oxidation sites excluding steroid dienone is 1. The quantitative estimate of drug-likeness (QED) is 0.847. The van der Waals surface area contributed by atoms with Crippen LogP contribution in [0.15, 0.2) is 64.4 Å². The van der Waals surface area contributed by atoms with Crippen LogP contribution in [0.2, 0.25) is 0 Å². The average Bonchev–Trinajstić information content (AvgIpc) is 2.53. The summed E-state index contributed by atoms with van der Waals surface area (Å²) in [7, 11) is 0. The SMILES string of the molecule is O=CNCC1=CCCc2cc(Sc3ccccc3)ccc21. The first-order valence-corrected chi connectivity index (χ1v) is 7.91. The first-order valence-electron chi connectivity index (χ1n) is 7.09. The summed E-state index contributed by atoms with van der Waals surface area (Å²) in [5, 5.41) is 2.76. The molecular formula is C18H17NOS. The first-order chi connectivity index (χ1) is 10.4. The molecule has 0 saturated carbocycles. The van der Waals surface area contributed by atoms with Crippen molar-refractivity contribution in [1.29, 1.82) is 0 Å². The zero-order chi connectivity index (χ0) is 14.5. The normalized spacial score (nSPS) is 13.2. The monoisotopic (exact) mass is 295 g/mol. The fourth-order valence-electron chi connectivity index (χ4n) is 2.61. The highest BCUT2D eigenvalue weighted by Gasteiger charge is 2.13. The predicted molar refractivity (Wildman–Crippen MR) is 87.4 cm³/mol. The molecule has 1 aliphatic rings. The largest absolute Gasteiger partial charge is 0.355 e. The number of carbonyl (C=O) groups excluding carboxylic acids is 1. The Balaban J connectivity index is 1.82. The van der Waals surface area contributed by atoms with Gasteiger partial charge in [0.1, 0.15) is 0 Å². The second-order valence-electron chi connectivity index (χ2n) is 5.00. The molecule has 106 valence electrons. The lowest BCUT2D eigenvalue weighted by Crippen LogP contribution is -2.16. The van der Waals surface area contributed by atoms with E-state index in [0.717, 1.165) is 19.3 Å². The van der Waals surface area contributed by atoms with E-state index in [2.05, 4.69) is 53.9 Å². The minimum Gasteiger partial charge on any atom is -0.355 e. The molecule has 0 saturated heterocycles. The van der Waals surface area contributed by atoms with Crippen LogP contribution in [0.3, 0.4) is 0 Å². The fraction of sp³-hybridized carbons (Fsp3) is 0.167. The van der Waals surface area contributed by atoms with E-state index in [4.69, 9.17) is 0 Å². The molecule has 3 heteroatoms. The maximum absolute atomic E-state index is 10.5. The van der Waals surface area contributed by atoms with Gasteiger partial charge in [-0.05, 0) is 53.8 Å². The summed E-state index contributed by atoms with van der Waals surface area (Å²) in [6, 6.07) is 17.0. The zero-order valence-corrected chi connectivity index (χ0v) is 12.5. The summed E-state index contributed by atoms with van der Waals surface area (Å²) in [5.41, 5.74) is 3.87. The van der Waals surface area contributed by atoms with E-state index < -0.39 is 0 Å². The number of aryl methyl sites for hydroxylation is 1.